The van der Waals surface area contributed by atoms with Gasteiger partial charge in [-0.05, 0) is 53.9 Å². The zero-order chi connectivity index (χ0) is 13.3. The van der Waals surface area contributed by atoms with Gasteiger partial charge in [-0.25, -0.2) is 4.39 Å². The van der Waals surface area contributed by atoms with E-state index in [0.29, 0.717) is 10.0 Å². The predicted molar refractivity (Wildman–Crippen MR) is 75.3 cm³/mol. The van der Waals surface area contributed by atoms with Crippen LogP contribution in [-0.2, 0) is 0 Å². The van der Waals surface area contributed by atoms with E-state index in [1.54, 1.807) is 24.3 Å². The third kappa shape index (κ3) is 2.80. The number of halogens is 4. The number of rotatable bonds is 2. The normalized spacial score (nSPS) is 12.5. The molecule has 0 spiro atoms. The highest BCUT2D eigenvalue weighted by Crippen LogP contribution is 2.36. The smallest absolute Gasteiger partial charge is 0.123 e. The Morgan fingerprint density at radius 1 is 1.00 bits per heavy atom. The van der Waals surface area contributed by atoms with Gasteiger partial charge in [-0.2, -0.15) is 0 Å². The summed E-state index contributed by atoms with van der Waals surface area (Å²) in [5, 5.41) is 0.666. The first-order valence-corrected chi connectivity index (χ1v) is 6.53. The van der Waals surface area contributed by atoms with Crippen LogP contribution in [-0.4, -0.2) is 0 Å². The molecule has 0 aromatic heterocycles. The van der Waals surface area contributed by atoms with Gasteiger partial charge in [-0.3, -0.25) is 0 Å². The van der Waals surface area contributed by atoms with Gasteiger partial charge in [-0.1, -0.05) is 29.3 Å². The molecule has 1 unspecified atom stereocenters. The fraction of sp³-hybridized carbons (Fsp3) is 0.143. The van der Waals surface area contributed by atoms with Gasteiger partial charge < -0.3 is 0 Å². The minimum Gasteiger partial charge on any atom is -0.207 e. The molecule has 2 aromatic rings. The lowest BCUT2D eigenvalue weighted by molar-refractivity contribution is 0.625. The highest BCUT2D eigenvalue weighted by Gasteiger charge is 2.17. The third-order valence-electron chi connectivity index (χ3n) is 2.74. The second-order valence-electron chi connectivity index (χ2n) is 4.03. The second-order valence-corrected chi connectivity index (χ2v) is 5.31. The van der Waals surface area contributed by atoms with Crippen LogP contribution < -0.4 is 0 Å². The molecule has 0 aliphatic heterocycles. The Bertz CT molecular complexity index is 581. The van der Waals surface area contributed by atoms with Crippen molar-refractivity contribution in [2.45, 2.75) is 12.3 Å². The van der Waals surface area contributed by atoms with Crippen molar-refractivity contribution >= 4 is 34.8 Å². The predicted octanol–water partition coefficient (Wildman–Crippen LogP) is 5.77. The molecule has 4 heteroatoms. The Morgan fingerprint density at radius 2 is 1.72 bits per heavy atom. The molecule has 1 atom stereocenters. The molecule has 0 amide bonds. The highest BCUT2D eigenvalue weighted by atomic mass is 35.5. The van der Waals surface area contributed by atoms with Crippen LogP contribution in [0.5, 0.6) is 0 Å². The van der Waals surface area contributed by atoms with E-state index in [4.69, 9.17) is 34.8 Å². The average molecular weight is 304 g/mol. The van der Waals surface area contributed by atoms with E-state index in [9.17, 15) is 4.39 Å². The summed E-state index contributed by atoms with van der Waals surface area (Å²) in [5.41, 5.74) is 2.33. The van der Waals surface area contributed by atoms with Crippen molar-refractivity contribution in [3.63, 3.8) is 0 Å². The molecule has 18 heavy (non-hydrogen) atoms. The molecule has 0 radical (unpaired) electrons. The van der Waals surface area contributed by atoms with Crippen LogP contribution in [0.2, 0.25) is 10.0 Å². The van der Waals surface area contributed by atoms with Crippen LogP contribution in [0.15, 0.2) is 36.4 Å². The molecule has 0 aliphatic rings. The molecular formula is C14H10Cl3F. The summed E-state index contributed by atoms with van der Waals surface area (Å²) < 4.78 is 13.1. The first kappa shape index (κ1) is 13.7. The summed E-state index contributed by atoms with van der Waals surface area (Å²) in [4.78, 5) is 0. The Labute approximate surface area is 120 Å². The molecule has 0 saturated carbocycles. The Balaban J connectivity index is 2.47. The van der Waals surface area contributed by atoms with E-state index in [2.05, 4.69) is 0 Å². The van der Waals surface area contributed by atoms with Gasteiger partial charge >= 0.3 is 0 Å². The number of hydrogen-bond donors (Lipinski definition) is 0. The molecule has 0 fully saturated rings. The van der Waals surface area contributed by atoms with E-state index in [1.807, 2.05) is 6.92 Å². The standard InChI is InChI=1S/C14H10Cl3F/c1-8-6-10(18)3-4-11(8)14(17)12-7-9(15)2-5-13(12)16/h2-7,14H,1H3. The Hall–Kier alpha value is -0.760. The maximum absolute atomic E-state index is 13.1. The lowest BCUT2D eigenvalue weighted by atomic mass is 10.00. The van der Waals surface area contributed by atoms with Gasteiger partial charge in [0.2, 0.25) is 0 Å². The first-order valence-electron chi connectivity index (χ1n) is 5.34. The third-order valence-corrected chi connectivity index (χ3v) is 3.79. The average Bonchev–Trinajstić information content (AvgIpc) is 2.31. The van der Waals surface area contributed by atoms with Gasteiger partial charge in [0, 0.05) is 10.0 Å². The fourth-order valence-electron chi connectivity index (χ4n) is 1.80. The van der Waals surface area contributed by atoms with Gasteiger partial charge in [0.1, 0.15) is 5.82 Å². The number of benzene rings is 2. The van der Waals surface area contributed by atoms with Crippen LogP contribution in [0.4, 0.5) is 4.39 Å². The van der Waals surface area contributed by atoms with E-state index >= 15 is 0 Å². The summed E-state index contributed by atoms with van der Waals surface area (Å²) in [6.45, 7) is 1.81. The van der Waals surface area contributed by atoms with Crippen LogP contribution in [0, 0.1) is 12.7 Å². The van der Waals surface area contributed by atoms with Crippen molar-refractivity contribution in [3.05, 3.63) is 69.0 Å². The van der Waals surface area contributed by atoms with Crippen LogP contribution in [0.3, 0.4) is 0 Å². The monoisotopic (exact) mass is 302 g/mol. The van der Waals surface area contributed by atoms with Gasteiger partial charge in [0.05, 0.1) is 5.38 Å². The first-order chi connectivity index (χ1) is 8.49. The molecular weight excluding hydrogens is 294 g/mol. The van der Waals surface area contributed by atoms with Gasteiger partial charge in [0.15, 0.2) is 0 Å². The van der Waals surface area contributed by atoms with Crippen molar-refractivity contribution in [3.8, 4) is 0 Å². The highest BCUT2D eigenvalue weighted by molar-refractivity contribution is 6.35. The zero-order valence-electron chi connectivity index (χ0n) is 9.55. The molecule has 0 aliphatic carbocycles. The minimum atomic E-state index is -0.447. The lowest BCUT2D eigenvalue weighted by Crippen LogP contribution is -1.98. The largest absolute Gasteiger partial charge is 0.207 e. The quantitative estimate of drug-likeness (QED) is 0.618. The van der Waals surface area contributed by atoms with Crippen LogP contribution >= 0.6 is 34.8 Å². The van der Waals surface area contributed by atoms with E-state index < -0.39 is 5.38 Å². The topological polar surface area (TPSA) is 0 Å². The fourth-order valence-corrected chi connectivity index (χ4v) is 2.69. The molecule has 0 N–H and O–H groups in total. The maximum Gasteiger partial charge on any atom is 0.123 e. The van der Waals surface area contributed by atoms with Crippen molar-refractivity contribution in [2.75, 3.05) is 0 Å². The van der Waals surface area contributed by atoms with E-state index in [-0.39, 0.29) is 5.82 Å². The lowest BCUT2D eigenvalue weighted by Gasteiger charge is -2.15. The molecule has 94 valence electrons. The molecule has 0 nitrogen and oxygen atoms in total. The van der Waals surface area contributed by atoms with E-state index in [1.165, 1.54) is 12.1 Å². The molecule has 0 bridgehead atoms. The van der Waals surface area contributed by atoms with Crippen LogP contribution in [0.25, 0.3) is 0 Å². The second kappa shape index (κ2) is 5.48. The summed E-state index contributed by atoms with van der Waals surface area (Å²) in [6, 6.07) is 9.63. The van der Waals surface area contributed by atoms with Crippen molar-refractivity contribution in [2.24, 2.45) is 0 Å². The zero-order valence-corrected chi connectivity index (χ0v) is 11.8. The molecule has 2 rings (SSSR count). The number of hydrogen-bond acceptors (Lipinski definition) is 0. The van der Waals surface area contributed by atoms with Crippen LogP contribution in [0.1, 0.15) is 22.1 Å². The summed E-state index contributed by atoms with van der Waals surface area (Å²) in [7, 11) is 0. The van der Waals surface area contributed by atoms with Gasteiger partial charge in [-0.15, -0.1) is 11.6 Å². The number of alkyl halides is 1. The molecule has 0 saturated heterocycles. The summed E-state index contributed by atoms with van der Waals surface area (Å²) in [5.74, 6) is -0.280. The van der Waals surface area contributed by atoms with Crippen molar-refractivity contribution in [1.29, 1.82) is 0 Å². The van der Waals surface area contributed by atoms with Crippen molar-refractivity contribution < 1.29 is 4.39 Å². The minimum absolute atomic E-state index is 0.280. The SMILES string of the molecule is Cc1cc(F)ccc1C(Cl)c1cc(Cl)ccc1Cl. The number of aryl methyl sites for hydroxylation is 1. The maximum atomic E-state index is 13.1. The van der Waals surface area contributed by atoms with E-state index in [0.717, 1.165) is 16.7 Å². The Morgan fingerprint density at radius 3 is 2.39 bits per heavy atom. The molecule has 0 heterocycles. The Kier molecular flexibility index (Phi) is 4.16. The van der Waals surface area contributed by atoms with Gasteiger partial charge in [0.25, 0.3) is 0 Å². The summed E-state index contributed by atoms with van der Waals surface area (Å²) >= 11 is 18.4. The summed E-state index contributed by atoms with van der Waals surface area (Å²) in [6.07, 6.45) is 0. The van der Waals surface area contributed by atoms with Crippen molar-refractivity contribution in [1.82, 2.24) is 0 Å². The molecule has 2 aromatic carbocycles.